The van der Waals surface area contributed by atoms with Crippen molar-refractivity contribution in [1.29, 1.82) is 0 Å². The number of aliphatic carboxylic acids is 1. The minimum Gasteiger partial charge on any atom is -0.487 e. The second-order valence-electron chi connectivity index (χ2n) is 11.4. The first-order valence-corrected chi connectivity index (χ1v) is 13.3. The lowest BCUT2D eigenvalue weighted by Gasteiger charge is -2.60. The molecule has 1 N–H and O–H groups in total. The Balaban J connectivity index is 1.30. The van der Waals surface area contributed by atoms with Gasteiger partial charge in [0.1, 0.15) is 11.4 Å². The fraction of sp³-hybridized carbons (Fsp3) is 0.714. The SMILES string of the molecule is CCC1(Oc2ccc(C(=O)OC(C3CCCCC3)C(F)(F)C(=O)O)cc2)C2CC3CC(C2)CC1C3. The van der Waals surface area contributed by atoms with Crippen molar-refractivity contribution in [3.05, 3.63) is 29.8 Å². The molecule has 4 bridgehead atoms. The van der Waals surface area contributed by atoms with Crippen molar-refractivity contribution in [3.8, 4) is 5.75 Å². The number of alkyl halides is 2. The molecule has 0 spiro atoms. The normalized spacial score (nSPS) is 33.3. The molecule has 1 unspecified atom stereocenters. The molecule has 6 rings (SSSR count). The van der Waals surface area contributed by atoms with Gasteiger partial charge in [-0.05, 0) is 99.3 Å². The van der Waals surface area contributed by atoms with Gasteiger partial charge in [-0.1, -0.05) is 26.2 Å². The molecule has 0 aliphatic heterocycles. The van der Waals surface area contributed by atoms with Crippen molar-refractivity contribution < 1.29 is 33.0 Å². The highest BCUT2D eigenvalue weighted by atomic mass is 19.3. The van der Waals surface area contributed by atoms with Crippen molar-refractivity contribution in [2.24, 2.45) is 29.6 Å². The number of hydrogen-bond donors (Lipinski definition) is 1. The first-order valence-electron chi connectivity index (χ1n) is 13.3. The Labute approximate surface area is 205 Å². The van der Waals surface area contributed by atoms with E-state index < -0.39 is 29.9 Å². The topological polar surface area (TPSA) is 72.8 Å². The largest absolute Gasteiger partial charge is 0.487 e. The summed E-state index contributed by atoms with van der Waals surface area (Å²) in [5.74, 6) is -4.52. The Hall–Kier alpha value is -2.18. The third-order valence-corrected chi connectivity index (χ3v) is 9.43. The lowest BCUT2D eigenvalue weighted by molar-refractivity contribution is -0.189. The van der Waals surface area contributed by atoms with Crippen LogP contribution in [-0.4, -0.2) is 34.7 Å². The van der Waals surface area contributed by atoms with Gasteiger partial charge in [-0.3, -0.25) is 0 Å². The van der Waals surface area contributed by atoms with Crippen LogP contribution in [0.5, 0.6) is 5.75 Å². The monoisotopic (exact) mass is 490 g/mol. The molecule has 5 aliphatic carbocycles. The number of carbonyl (C=O) groups excluding carboxylic acids is 1. The van der Waals surface area contributed by atoms with Gasteiger partial charge in [-0.25, -0.2) is 9.59 Å². The number of carbonyl (C=O) groups is 2. The Morgan fingerprint density at radius 3 is 2.09 bits per heavy atom. The standard InChI is InChI=1S/C28H36F2O5/c1-2-27(21-13-17-12-18(15-21)16-22(27)14-17)35-23-10-8-20(9-11-23)25(31)34-24(28(29,30)26(32)33)19-6-4-3-5-7-19/h8-11,17-19,21-22,24H,2-7,12-16H2,1H3,(H,32,33). The van der Waals surface area contributed by atoms with Crippen LogP contribution < -0.4 is 4.74 Å². The molecule has 0 amide bonds. The summed E-state index contributed by atoms with van der Waals surface area (Å²) in [6, 6.07) is 6.50. The summed E-state index contributed by atoms with van der Waals surface area (Å²) in [4.78, 5) is 24.1. The first-order chi connectivity index (χ1) is 16.7. The predicted molar refractivity (Wildman–Crippen MR) is 125 cm³/mol. The molecule has 0 radical (unpaired) electrons. The smallest absolute Gasteiger partial charge is 0.378 e. The molecule has 5 aliphatic rings. The molecule has 5 saturated carbocycles. The van der Waals surface area contributed by atoms with Crippen LogP contribution in [0.15, 0.2) is 24.3 Å². The van der Waals surface area contributed by atoms with Crippen molar-refractivity contribution in [3.63, 3.8) is 0 Å². The van der Waals surface area contributed by atoms with Crippen LogP contribution in [-0.2, 0) is 9.53 Å². The molecule has 0 saturated heterocycles. The highest BCUT2D eigenvalue weighted by molar-refractivity contribution is 5.90. The fourth-order valence-electron chi connectivity index (χ4n) is 7.88. The summed E-state index contributed by atoms with van der Waals surface area (Å²) in [6.45, 7) is 2.20. The number of halogens is 2. The lowest BCUT2D eigenvalue weighted by atomic mass is 9.49. The van der Waals surface area contributed by atoms with Crippen molar-refractivity contribution in [2.45, 2.75) is 95.2 Å². The second-order valence-corrected chi connectivity index (χ2v) is 11.4. The highest BCUT2D eigenvalue weighted by Gasteiger charge is 2.58. The van der Waals surface area contributed by atoms with Crippen LogP contribution in [0.3, 0.4) is 0 Å². The molecule has 0 aromatic heterocycles. The number of carboxylic acid groups (broad SMARTS) is 1. The van der Waals surface area contributed by atoms with Gasteiger partial charge in [0, 0.05) is 5.92 Å². The third kappa shape index (κ3) is 4.44. The number of ether oxygens (including phenoxy) is 2. The fourth-order valence-corrected chi connectivity index (χ4v) is 7.88. The van der Waals surface area contributed by atoms with E-state index in [1.807, 2.05) is 0 Å². The summed E-state index contributed by atoms with van der Waals surface area (Å²) in [5, 5.41) is 9.09. The van der Waals surface area contributed by atoms with Crippen molar-refractivity contribution in [1.82, 2.24) is 0 Å². The number of esters is 1. The van der Waals surface area contributed by atoms with Gasteiger partial charge in [0.05, 0.1) is 5.56 Å². The molecule has 7 heteroatoms. The Morgan fingerprint density at radius 1 is 1.00 bits per heavy atom. The average molecular weight is 491 g/mol. The van der Waals surface area contributed by atoms with Crippen LogP contribution in [0.25, 0.3) is 0 Å². The van der Waals surface area contributed by atoms with Gasteiger partial charge < -0.3 is 14.6 Å². The molecule has 35 heavy (non-hydrogen) atoms. The summed E-state index contributed by atoms with van der Waals surface area (Å²) < 4.78 is 40.9. The van der Waals surface area contributed by atoms with Crippen molar-refractivity contribution in [2.75, 3.05) is 0 Å². The van der Waals surface area contributed by atoms with Gasteiger partial charge >= 0.3 is 17.9 Å². The van der Waals surface area contributed by atoms with Gasteiger partial charge in [-0.2, -0.15) is 8.78 Å². The number of rotatable bonds is 8. The average Bonchev–Trinajstić information content (AvgIpc) is 2.85. The summed E-state index contributed by atoms with van der Waals surface area (Å²) in [6.07, 6.45) is 8.47. The maximum Gasteiger partial charge on any atom is 0.378 e. The molecule has 5 nitrogen and oxygen atoms in total. The predicted octanol–water partition coefficient (Wildman–Crippen LogP) is 6.50. The van der Waals surface area contributed by atoms with E-state index in [0.717, 1.165) is 37.5 Å². The second kappa shape index (κ2) is 9.36. The van der Waals surface area contributed by atoms with Crippen LogP contribution in [0.1, 0.15) is 87.9 Å². The maximum absolute atomic E-state index is 14.5. The molecular formula is C28H36F2O5. The lowest BCUT2D eigenvalue weighted by Crippen LogP contribution is -2.60. The minimum absolute atomic E-state index is 0.120. The quantitative estimate of drug-likeness (QED) is 0.421. The Kier molecular flexibility index (Phi) is 6.56. The highest BCUT2D eigenvalue weighted by Crippen LogP contribution is 2.60. The van der Waals surface area contributed by atoms with E-state index in [1.165, 1.54) is 44.2 Å². The zero-order valence-corrected chi connectivity index (χ0v) is 20.4. The van der Waals surface area contributed by atoms with Crippen LogP contribution in [0.4, 0.5) is 8.78 Å². The van der Waals surface area contributed by atoms with E-state index in [0.29, 0.717) is 30.4 Å². The van der Waals surface area contributed by atoms with E-state index >= 15 is 0 Å². The van der Waals surface area contributed by atoms with E-state index in [9.17, 15) is 18.4 Å². The van der Waals surface area contributed by atoms with Crippen LogP contribution in [0, 0.1) is 29.6 Å². The number of hydrogen-bond acceptors (Lipinski definition) is 4. The molecule has 5 fully saturated rings. The molecule has 1 aromatic carbocycles. The van der Waals surface area contributed by atoms with Crippen molar-refractivity contribution >= 4 is 11.9 Å². The van der Waals surface area contributed by atoms with Gasteiger partial charge in [-0.15, -0.1) is 0 Å². The zero-order chi connectivity index (χ0) is 24.8. The minimum atomic E-state index is -4.13. The van der Waals surface area contributed by atoms with Crippen LogP contribution >= 0.6 is 0 Å². The number of carboxylic acids is 1. The zero-order valence-electron chi connectivity index (χ0n) is 20.4. The molecule has 1 atom stereocenters. The summed E-state index contributed by atoms with van der Waals surface area (Å²) in [7, 11) is 0. The molecule has 192 valence electrons. The Bertz CT molecular complexity index is 909. The Morgan fingerprint density at radius 2 is 1.57 bits per heavy atom. The van der Waals surface area contributed by atoms with E-state index in [4.69, 9.17) is 14.6 Å². The maximum atomic E-state index is 14.5. The number of benzene rings is 1. The first kappa shape index (κ1) is 24.5. The third-order valence-electron chi connectivity index (χ3n) is 9.43. The molecule has 1 aromatic rings. The van der Waals surface area contributed by atoms with Crippen LogP contribution in [0.2, 0.25) is 0 Å². The van der Waals surface area contributed by atoms with Gasteiger partial charge in [0.15, 0.2) is 6.10 Å². The van der Waals surface area contributed by atoms with E-state index in [2.05, 4.69) is 6.92 Å². The van der Waals surface area contributed by atoms with E-state index in [1.54, 1.807) is 12.1 Å². The molecular weight excluding hydrogens is 454 g/mol. The molecule has 0 heterocycles. The van der Waals surface area contributed by atoms with E-state index in [-0.39, 0.29) is 11.2 Å². The van der Waals surface area contributed by atoms with Gasteiger partial charge in [0.25, 0.3) is 0 Å². The van der Waals surface area contributed by atoms with Gasteiger partial charge in [0.2, 0.25) is 0 Å². The summed E-state index contributed by atoms with van der Waals surface area (Å²) >= 11 is 0. The summed E-state index contributed by atoms with van der Waals surface area (Å²) in [5.41, 5.74) is -0.0552.